The summed E-state index contributed by atoms with van der Waals surface area (Å²) in [4.78, 5) is 1.25. The second kappa shape index (κ2) is 9.24. The van der Waals surface area contributed by atoms with Crippen molar-refractivity contribution in [2.24, 2.45) is 0 Å². The van der Waals surface area contributed by atoms with Gasteiger partial charge in [-0.1, -0.05) is 42.0 Å². The smallest absolute Gasteiger partial charge is 1.00 e. The minimum Gasteiger partial charge on any atom is -1.00 e. The van der Waals surface area contributed by atoms with Gasteiger partial charge < -0.3 is 21.7 Å². The summed E-state index contributed by atoms with van der Waals surface area (Å²) in [5, 5.41) is 3.12. The first-order valence-corrected chi connectivity index (χ1v) is 7.48. The van der Waals surface area contributed by atoms with Gasteiger partial charge in [0.25, 0.3) is 0 Å². The van der Waals surface area contributed by atoms with E-state index in [1.807, 2.05) is 25.1 Å². The molecule has 4 heteroatoms. The average Bonchev–Trinajstić information content (AvgIpc) is 3.03. The molecular formula is C18H15BrOSZn. The summed E-state index contributed by atoms with van der Waals surface area (Å²) in [5.74, 6) is 0.919. The molecule has 0 radical (unpaired) electrons. The normalized spacial score (nSPS) is 9.50. The Bertz CT molecular complexity index is 663. The third-order valence-corrected chi connectivity index (χ3v) is 3.99. The Balaban J connectivity index is 0.00000121. The van der Waals surface area contributed by atoms with Crippen molar-refractivity contribution in [2.45, 2.75) is 6.92 Å². The van der Waals surface area contributed by atoms with Crippen LogP contribution in [0.2, 0.25) is 0 Å². The number of benzene rings is 2. The Kier molecular flexibility index (Phi) is 8.02. The quantitative estimate of drug-likeness (QED) is 0.461. The maximum absolute atomic E-state index is 5.46. The van der Waals surface area contributed by atoms with E-state index in [2.05, 4.69) is 47.8 Å². The molecule has 0 saturated carbocycles. The Morgan fingerprint density at radius 2 is 1.41 bits per heavy atom. The zero-order valence-electron chi connectivity index (χ0n) is 12.4. The van der Waals surface area contributed by atoms with Crippen LogP contribution in [0.5, 0.6) is 5.75 Å². The number of halogens is 1. The molecule has 0 aliphatic rings. The average molecular weight is 425 g/mol. The molecular weight excluding hydrogens is 410 g/mol. The fraction of sp³-hybridized carbons (Fsp3) is 0.111. The molecule has 0 unspecified atom stereocenters. The number of rotatable bonds is 4. The summed E-state index contributed by atoms with van der Waals surface area (Å²) in [6, 6.07) is 20.9. The molecule has 0 fully saturated rings. The first-order chi connectivity index (χ1) is 9.86. The second-order valence-corrected chi connectivity index (χ2v) is 5.33. The first-order valence-electron chi connectivity index (χ1n) is 6.66. The molecule has 108 valence electrons. The van der Waals surface area contributed by atoms with Gasteiger partial charge in [0.05, 0.1) is 6.61 Å². The summed E-state index contributed by atoms with van der Waals surface area (Å²) in [6.45, 7) is 2.69. The Morgan fingerprint density at radius 3 is 1.91 bits per heavy atom. The molecule has 22 heavy (non-hydrogen) atoms. The molecule has 0 saturated heterocycles. The van der Waals surface area contributed by atoms with E-state index in [0.29, 0.717) is 6.61 Å². The molecule has 1 heterocycles. The topological polar surface area (TPSA) is 9.23 Å². The standard InChI is InChI=1S/C18H15OS.BrH.Zn/c1-2-19-17-11-9-15(10-12-17)14-5-7-16(8-6-14)18-4-3-13-20-18;;/h3-12H,2H2,1H3;1H;/q-1;;+2/p-1. The molecule has 3 aromatic rings. The van der Waals surface area contributed by atoms with Gasteiger partial charge in [-0.05, 0) is 30.2 Å². The predicted molar refractivity (Wildman–Crippen MR) is 85.2 cm³/mol. The van der Waals surface area contributed by atoms with Gasteiger partial charge in [-0.25, -0.2) is 0 Å². The molecule has 0 spiro atoms. The Hall–Kier alpha value is -0.957. The summed E-state index contributed by atoms with van der Waals surface area (Å²) in [5.41, 5.74) is 3.67. The van der Waals surface area contributed by atoms with Crippen molar-refractivity contribution in [2.75, 3.05) is 6.61 Å². The van der Waals surface area contributed by atoms with Gasteiger partial charge in [-0.15, -0.1) is 10.3 Å². The van der Waals surface area contributed by atoms with Crippen LogP contribution in [-0.4, -0.2) is 6.61 Å². The summed E-state index contributed by atoms with van der Waals surface area (Å²) >= 11 is 1.64. The molecule has 3 rings (SSSR count). The van der Waals surface area contributed by atoms with Crippen molar-refractivity contribution in [1.82, 2.24) is 0 Å². The van der Waals surface area contributed by atoms with E-state index in [9.17, 15) is 0 Å². The van der Waals surface area contributed by atoms with E-state index in [1.165, 1.54) is 21.6 Å². The third kappa shape index (κ3) is 4.52. The van der Waals surface area contributed by atoms with Crippen molar-refractivity contribution in [1.29, 1.82) is 0 Å². The van der Waals surface area contributed by atoms with Crippen LogP contribution in [-0.2, 0) is 19.5 Å². The van der Waals surface area contributed by atoms with Gasteiger partial charge >= 0.3 is 19.5 Å². The van der Waals surface area contributed by atoms with Gasteiger partial charge in [0.2, 0.25) is 0 Å². The van der Waals surface area contributed by atoms with Gasteiger partial charge in [-0.2, -0.15) is 12.1 Å². The van der Waals surface area contributed by atoms with Crippen LogP contribution in [0.25, 0.3) is 21.6 Å². The second-order valence-electron chi connectivity index (χ2n) is 4.45. The molecule has 2 aromatic carbocycles. The maximum Gasteiger partial charge on any atom is 2.00 e. The van der Waals surface area contributed by atoms with Crippen LogP contribution in [0, 0.1) is 5.38 Å². The van der Waals surface area contributed by atoms with E-state index in [-0.39, 0.29) is 36.5 Å². The van der Waals surface area contributed by atoms with Crippen LogP contribution >= 0.6 is 11.3 Å². The summed E-state index contributed by atoms with van der Waals surface area (Å²) in [6.07, 6.45) is 0. The van der Waals surface area contributed by atoms with Crippen molar-refractivity contribution in [3.05, 3.63) is 66.0 Å². The molecule has 0 aliphatic carbocycles. The monoisotopic (exact) mass is 422 g/mol. The summed E-state index contributed by atoms with van der Waals surface area (Å²) < 4.78 is 5.46. The van der Waals surface area contributed by atoms with Crippen LogP contribution in [0.1, 0.15) is 6.92 Å². The number of ether oxygens (including phenoxy) is 1. The van der Waals surface area contributed by atoms with Gasteiger partial charge in [-0.3, -0.25) is 11.3 Å². The number of hydrogen-bond acceptors (Lipinski definition) is 2. The van der Waals surface area contributed by atoms with Crippen molar-refractivity contribution in [3.63, 3.8) is 0 Å². The largest absolute Gasteiger partial charge is 2.00 e. The molecule has 1 nitrogen and oxygen atoms in total. The van der Waals surface area contributed by atoms with Crippen LogP contribution in [0.4, 0.5) is 0 Å². The fourth-order valence-electron chi connectivity index (χ4n) is 2.13. The third-order valence-electron chi connectivity index (χ3n) is 3.14. The van der Waals surface area contributed by atoms with Gasteiger partial charge in [0, 0.05) is 0 Å². The molecule has 0 bridgehead atoms. The van der Waals surface area contributed by atoms with Crippen molar-refractivity contribution >= 4 is 11.3 Å². The van der Waals surface area contributed by atoms with Crippen molar-refractivity contribution in [3.8, 4) is 27.3 Å². The number of thiophene rings is 1. The summed E-state index contributed by atoms with van der Waals surface area (Å²) in [7, 11) is 0. The van der Waals surface area contributed by atoms with E-state index in [1.54, 1.807) is 11.3 Å². The molecule has 0 amide bonds. The first kappa shape index (κ1) is 19.1. The van der Waals surface area contributed by atoms with Crippen molar-refractivity contribution < 1.29 is 41.2 Å². The molecule has 0 N–H and O–H groups in total. The minimum atomic E-state index is 0. The van der Waals surface area contributed by atoms with Gasteiger partial charge in [0.15, 0.2) is 0 Å². The number of hydrogen-bond donors (Lipinski definition) is 0. The van der Waals surface area contributed by atoms with Crippen LogP contribution in [0.15, 0.2) is 60.7 Å². The zero-order chi connectivity index (χ0) is 13.8. The Labute approximate surface area is 158 Å². The maximum atomic E-state index is 5.46. The molecule has 0 atom stereocenters. The van der Waals surface area contributed by atoms with E-state index in [4.69, 9.17) is 4.74 Å². The SMILES string of the molecule is CCOc1ccc(-c2ccc(-c3cc[c-]s3)cc2)cc1.[Br-].[Zn+2]. The van der Waals surface area contributed by atoms with Crippen LogP contribution in [0.3, 0.4) is 0 Å². The molecule has 0 aliphatic heterocycles. The predicted octanol–water partition coefficient (Wildman–Crippen LogP) is 2.28. The van der Waals surface area contributed by atoms with E-state index < -0.39 is 0 Å². The Morgan fingerprint density at radius 1 is 0.864 bits per heavy atom. The fourth-order valence-corrected chi connectivity index (χ4v) is 2.79. The van der Waals surface area contributed by atoms with E-state index in [0.717, 1.165) is 5.75 Å². The minimum absolute atomic E-state index is 0. The molecule has 1 aromatic heterocycles. The van der Waals surface area contributed by atoms with E-state index >= 15 is 0 Å². The van der Waals surface area contributed by atoms with Gasteiger partial charge in [0.1, 0.15) is 5.75 Å². The van der Waals surface area contributed by atoms with Crippen LogP contribution < -0.4 is 21.7 Å². The zero-order valence-corrected chi connectivity index (χ0v) is 17.8.